The molecule has 1 unspecified atom stereocenters. The van der Waals surface area contributed by atoms with E-state index in [0.29, 0.717) is 19.3 Å². The van der Waals surface area contributed by atoms with E-state index in [4.69, 9.17) is 14.2 Å². The van der Waals surface area contributed by atoms with Gasteiger partial charge in [-0.1, -0.05) is 225 Å². The molecule has 0 amide bonds. The molecule has 6 heteroatoms. The van der Waals surface area contributed by atoms with Gasteiger partial charge >= 0.3 is 17.9 Å². The predicted octanol–water partition coefficient (Wildman–Crippen LogP) is 17.5. The summed E-state index contributed by atoms with van der Waals surface area (Å²) in [5.74, 6) is -1.06. The molecular formula is C60H94O6. The fraction of sp³-hybridized carbons (Fsp3) is 0.583. The highest BCUT2D eigenvalue weighted by molar-refractivity contribution is 5.71. The Morgan fingerprint density at radius 3 is 1.20 bits per heavy atom. The monoisotopic (exact) mass is 911 g/mol. The molecule has 0 N–H and O–H groups in total. The van der Waals surface area contributed by atoms with Gasteiger partial charge in [0.05, 0.1) is 0 Å². The van der Waals surface area contributed by atoms with Crippen LogP contribution in [0.15, 0.2) is 134 Å². The van der Waals surface area contributed by atoms with Crippen LogP contribution in [-0.2, 0) is 28.6 Å². The normalized spacial score (nSPS) is 13.2. The van der Waals surface area contributed by atoms with Crippen LogP contribution in [0.2, 0.25) is 0 Å². The summed E-state index contributed by atoms with van der Waals surface area (Å²) in [6, 6.07) is 0. The number of allylic oxidation sites excluding steroid dienone is 22. The molecule has 0 rings (SSSR count). The second-order valence-corrected chi connectivity index (χ2v) is 16.8. The number of unbranched alkanes of at least 4 members (excludes halogenated alkanes) is 16. The van der Waals surface area contributed by atoms with Gasteiger partial charge in [-0.15, -0.1) is 0 Å². The molecule has 0 saturated heterocycles. The van der Waals surface area contributed by atoms with Gasteiger partial charge in [0.25, 0.3) is 0 Å². The molecule has 0 bridgehead atoms. The van der Waals surface area contributed by atoms with Crippen LogP contribution in [0.3, 0.4) is 0 Å². The van der Waals surface area contributed by atoms with Crippen molar-refractivity contribution in [3.05, 3.63) is 134 Å². The van der Waals surface area contributed by atoms with Gasteiger partial charge in [0.2, 0.25) is 0 Å². The first kappa shape index (κ1) is 61.5. The Morgan fingerprint density at radius 1 is 0.333 bits per heavy atom. The predicted molar refractivity (Wildman–Crippen MR) is 283 cm³/mol. The highest BCUT2D eigenvalue weighted by Gasteiger charge is 2.19. The van der Waals surface area contributed by atoms with Crippen LogP contribution < -0.4 is 0 Å². The summed E-state index contributed by atoms with van der Waals surface area (Å²) < 4.78 is 16.7. The standard InChI is InChI=1S/C60H94O6/c1-4-7-10-13-16-19-22-25-28-30-31-33-35-38-41-44-47-50-53-59(62)65-56-57(55-64-58(61)52-49-46-43-40-37-34-27-24-21-18-15-12-9-6-3)66-60(63)54-51-48-45-42-39-36-32-29-26-23-20-17-14-11-8-5-2/h8,10-11,13,16-17,19-20,22,25-26,28-31,33-34,36-37,39,45,48,57H,4-7,9,12,14-15,18,21,23-24,27,32,35,38,40-44,46-47,49-56H2,1-3H3/b11-8-,13-10-,19-16-,20-17-,25-22-,29-26-,30-28-,33-31-,37-34-,39-36-,48-45-. The van der Waals surface area contributed by atoms with Crippen molar-refractivity contribution in [3.8, 4) is 0 Å². The average molecular weight is 911 g/mol. The van der Waals surface area contributed by atoms with Crippen LogP contribution in [0.5, 0.6) is 0 Å². The number of esters is 3. The molecule has 0 radical (unpaired) electrons. The SMILES string of the molecule is CC/C=C\C/C=C\C/C=C\C/C=C\C/C=C\CCC(=O)OC(COC(=O)CCCCC/C=C\CCCCCCCCC)COC(=O)CCCCCCC\C=C/C=C\C=C/C=C\C=C/CCC. The van der Waals surface area contributed by atoms with Crippen LogP contribution in [0, 0.1) is 0 Å². The number of hydrogen-bond donors (Lipinski definition) is 0. The Balaban J connectivity index is 4.60. The van der Waals surface area contributed by atoms with Gasteiger partial charge in [-0.3, -0.25) is 14.4 Å². The van der Waals surface area contributed by atoms with E-state index in [1.807, 2.05) is 48.6 Å². The number of rotatable bonds is 45. The van der Waals surface area contributed by atoms with E-state index in [0.717, 1.165) is 109 Å². The molecule has 0 aromatic carbocycles. The van der Waals surface area contributed by atoms with Gasteiger partial charge in [-0.05, 0) is 96.3 Å². The lowest BCUT2D eigenvalue weighted by Crippen LogP contribution is -2.30. The molecule has 6 nitrogen and oxygen atoms in total. The van der Waals surface area contributed by atoms with E-state index in [2.05, 4.69) is 106 Å². The minimum absolute atomic E-state index is 0.129. The Morgan fingerprint density at radius 2 is 0.712 bits per heavy atom. The van der Waals surface area contributed by atoms with Crippen molar-refractivity contribution in [3.63, 3.8) is 0 Å². The quantitative estimate of drug-likeness (QED) is 0.0199. The van der Waals surface area contributed by atoms with Crippen LogP contribution in [0.25, 0.3) is 0 Å². The molecule has 66 heavy (non-hydrogen) atoms. The van der Waals surface area contributed by atoms with Gasteiger partial charge in [0.1, 0.15) is 13.2 Å². The smallest absolute Gasteiger partial charge is 0.306 e. The molecule has 0 spiro atoms. The van der Waals surface area contributed by atoms with E-state index < -0.39 is 12.1 Å². The Labute approximate surface area is 405 Å². The summed E-state index contributed by atoms with van der Waals surface area (Å²) in [5, 5.41) is 0. The zero-order valence-electron chi connectivity index (χ0n) is 42.1. The lowest BCUT2D eigenvalue weighted by atomic mass is 10.1. The fourth-order valence-electron chi connectivity index (χ4n) is 6.57. The van der Waals surface area contributed by atoms with Crippen molar-refractivity contribution >= 4 is 17.9 Å². The first-order chi connectivity index (χ1) is 32.5. The number of ether oxygens (including phenoxy) is 3. The summed E-state index contributed by atoms with van der Waals surface area (Å²) in [5.41, 5.74) is 0. The zero-order valence-corrected chi connectivity index (χ0v) is 42.1. The fourth-order valence-corrected chi connectivity index (χ4v) is 6.57. The Bertz CT molecular complexity index is 1460. The molecule has 0 saturated carbocycles. The largest absolute Gasteiger partial charge is 0.462 e. The highest BCUT2D eigenvalue weighted by Crippen LogP contribution is 2.12. The molecule has 0 heterocycles. The first-order valence-electron chi connectivity index (χ1n) is 26.3. The Kier molecular flexibility index (Phi) is 49.6. The molecule has 0 fully saturated rings. The van der Waals surface area contributed by atoms with Gasteiger partial charge in [0.15, 0.2) is 6.10 Å². The molecule has 370 valence electrons. The van der Waals surface area contributed by atoms with E-state index in [-0.39, 0.29) is 31.6 Å². The second kappa shape index (κ2) is 53.2. The molecule has 0 aromatic heterocycles. The van der Waals surface area contributed by atoms with E-state index in [1.165, 1.54) is 51.4 Å². The third-order valence-corrected chi connectivity index (χ3v) is 10.5. The maximum Gasteiger partial charge on any atom is 0.306 e. The van der Waals surface area contributed by atoms with Gasteiger partial charge in [0, 0.05) is 19.3 Å². The van der Waals surface area contributed by atoms with Crippen molar-refractivity contribution in [2.75, 3.05) is 13.2 Å². The van der Waals surface area contributed by atoms with Crippen molar-refractivity contribution in [2.24, 2.45) is 0 Å². The van der Waals surface area contributed by atoms with Crippen molar-refractivity contribution in [2.45, 2.75) is 213 Å². The Hall–Kier alpha value is -4.45. The van der Waals surface area contributed by atoms with Crippen molar-refractivity contribution < 1.29 is 28.6 Å². The molecular weight excluding hydrogens is 817 g/mol. The lowest BCUT2D eigenvalue weighted by molar-refractivity contribution is -0.166. The van der Waals surface area contributed by atoms with Crippen molar-refractivity contribution in [1.82, 2.24) is 0 Å². The maximum atomic E-state index is 12.8. The highest BCUT2D eigenvalue weighted by atomic mass is 16.6. The summed E-state index contributed by atoms with van der Waals surface area (Å²) in [6.45, 7) is 6.31. The van der Waals surface area contributed by atoms with E-state index >= 15 is 0 Å². The summed E-state index contributed by atoms with van der Waals surface area (Å²) >= 11 is 0. The minimum Gasteiger partial charge on any atom is -0.462 e. The van der Waals surface area contributed by atoms with Crippen molar-refractivity contribution in [1.29, 1.82) is 0 Å². The topological polar surface area (TPSA) is 78.9 Å². The van der Waals surface area contributed by atoms with E-state index in [9.17, 15) is 14.4 Å². The summed E-state index contributed by atoms with van der Waals surface area (Å²) in [7, 11) is 0. The average Bonchev–Trinajstić information content (AvgIpc) is 3.31. The second-order valence-electron chi connectivity index (χ2n) is 16.8. The minimum atomic E-state index is -0.839. The van der Waals surface area contributed by atoms with E-state index in [1.54, 1.807) is 0 Å². The van der Waals surface area contributed by atoms with Crippen LogP contribution in [0.1, 0.15) is 207 Å². The first-order valence-corrected chi connectivity index (χ1v) is 26.3. The van der Waals surface area contributed by atoms with Crippen LogP contribution >= 0.6 is 0 Å². The summed E-state index contributed by atoms with van der Waals surface area (Å²) in [6.07, 6.45) is 74.4. The summed E-state index contributed by atoms with van der Waals surface area (Å²) in [4.78, 5) is 38.0. The van der Waals surface area contributed by atoms with Gasteiger partial charge in [-0.2, -0.15) is 0 Å². The number of hydrogen-bond acceptors (Lipinski definition) is 6. The third kappa shape index (κ3) is 50.5. The number of carbonyl (C=O) groups excluding carboxylic acids is 3. The molecule has 0 aliphatic rings. The molecule has 0 aliphatic heterocycles. The molecule has 0 aliphatic carbocycles. The third-order valence-electron chi connectivity index (χ3n) is 10.5. The van der Waals surface area contributed by atoms with Gasteiger partial charge < -0.3 is 14.2 Å². The zero-order chi connectivity index (χ0) is 47.9. The molecule has 0 aromatic rings. The van der Waals surface area contributed by atoms with Gasteiger partial charge in [-0.25, -0.2) is 0 Å². The molecule has 1 atom stereocenters. The number of carbonyl (C=O) groups is 3. The van der Waals surface area contributed by atoms with Crippen LogP contribution in [-0.4, -0.2) is 37.2 Å². The van der Waals surface area contributed by atoms with Crippen LogP contribution in [0.4, 0.5) is 0 Å². The lowest BCUT2D eigenvalue weighted by Gasteiger charge is -2.18. The maximum absolute atomic E-state index is 12.8.